The highest BCUT2D eigenvalue weighted by Gasteiger charge is 2.59. The topological polar surface area (TPSA) is 55.2 Å². The van der Waals surface area contributed by atoms with E-state index in [9.17, 15) is 9.59 Å². The molecule has 2 fully saturated rings. The Labute approximate surface area is 149 Å². The minimum atomic E-state index is -0.191. The Balaban J connectivity index is 1.40. The molecule has 5 rings (SSSR count). The number of carbonyl (C=O) groups excluding carboxylic acids is 2. The van der Waals surface area contributed by atoms with E-state index in [-0.39, 0.29) is 35.5 Å². The molecule has 1 aromatic carbocycles. The van der Waals surface area contributed by atoms with Crippen molar-refractivity contribution >= 4 is 29.2 Å². The molecule has 0 N–H and O–H groups in total. The van der Waals surface area contributed by atoms with Gasteiger partial charge in [-0.05, 0) is 36.0 Å². The van der Waals surface area contributed by atoms with Crippen molar-refractivity contribution in [2.75, 3.05) is 4.90 Å². The van der Waals surface area contributed by atoms with E-state index < -0.39 is 0 Å². The van der Waals surface area contributed by atoms with Crippen molar-refractivity contribution in [2.24, 2.45) is 23.7 Å². The lowest BCUT2D eigenvalue weighted by Gasteiger charge is -2.14. The van der Waals surface area contributed by atoms with E-state index >= 15 is 0 Å². The lowest BCUT2D eigenvalue weighted by Crippen LogP contribution is -2.33. The van der Waals surface area contributed by atoms with Crippen molar-refractivity contribution in [3.8, 4) is 0 Å². The first-order chi connectivity index (χ1) is 12.1. The third-order valence-corrected chi connectivity index (χ3v) is 5.84. The Morgan fingerprint density at radius 2 is 1.64 bits per heavy atom. The first-order valence-electron chi connectivity index (χ1n) is 8.46. The molecule has 1 aliphatic heterocycles. The van der Waals surface area contributed by atoms with Crippen LogP contribution in [0.15, 0.2) is 48.7 Å². The normalized spacial score (nSPS) is 29.7. The van der Waals surface area contributed by atoms with Gasteiger partial charge in [-0.25, -0.2) is 4.90 Å². The van der Waals surface area contributed by atoms with E-state index in [1.807, 2.05) is 24.3 Å². The standard InChI is InChI=1S/C19H16ClN3O2/c20-14-5-1-11(2-6-14)10-22-8-7-15(21-22)23-18(24)16-12-3-4-13(9-12)17(16)19(23)25/h1-8,12-13,16-17H,9-10H2/t12-,13-,16-,17-/m0/s1. The maximum absolute atomic E-state index is 12.8. The van der Waals surface area contributed by atoms with E-state index in [2.05, 4.69) is 17.3 Å². The highest BCUT2D eigenvalue weighted by Crippen LogP contribution is 2.53. The lowest BCUT2D eigenvalue weighted by molar-refractivity contribution is -0.123. The Hall–Kier alpha value is -2.40. The van der Waals surface area contributed by atoms with Crippen LogP contribution in [0.1, 0.15) is 12.0 Å². The number of hydrogen-bond donors (Lipinski definition) is 0. The number of imide groups is 1. The molecule has 6 heteroatoms. The van der Waals surface area contributed by atoms with Gasteiger partial charge in [-0.2, -0.15) is 5.10 Å². The summed E-state index contributed by atoms with van der Waals surface area (Å²) in [6.45, 7) is 0.563. The first kappa shape index (κ1) is 14.9. The second-order valence-corrected chi connectivity index (χ2v) is 7.45. The van der Waals surface area contributed by atoms with Crippen LogP contribution in [-0.2, 0) is 16.1 Å². The summed E-state index contributed by atoms with van der Waals surface area (Å²) in [6, 6.07) is 9.27. The van der Waals surface area contributed by atoms with E-state index in [0.717, 1.165) is 12.0 Å². The van der Waals surface area contributed by atoms with Crippen LogP contribution >= 0.6 is 11.6 Å². The van der Waals surface area contributed by atoms with E-state index in [1.54, 1.807) is 16.9 Å². The average Bonchev–Trinajstić information content (AvgIpc) is 3.35. The van der Waals surface area contributed by atoms with E-state index in [0.29, 0.717) is 17.4 Å². The molecule has 1 aromatic heterocycles. The fourth-order valence-corrected chi connectivity index (χ4v) is 4.59. The number of halogens is 1. The number of nitrogens with zero attached hydrogens (tertiary/aromatic N) is 3. The van der Waals surface area contributed by atoms with Crippen LogP contribution in [0, 0.1) is 23.7 Å². The molecule has 4 atom stereocenters. The van der Waals surface area contributed by atoms with Gasteiger partial charge in [0, 0.05) is 17.3 Å². The van der Waals surface area contributed by atoms with Crippen molar-refractivity contribution in [1.29, 1.82) is 0 Å². The van der Waals surface area contributed by atoms with Gasteiger partial charge in [-0.1, -0.05) is 35.9 Å². The molecular formula is C19H16ClN3O2. The molecule has 0 radical (unpaired) electrons. The van der Waals surface area contributed by atoms with Gasteiger partial charge in [0.2, 0.25) is 11.8 Å². The van der Waals surface area contributed by atoms with Crippen LogP contribution in [0.2, 0.25) is 5.02 Å². The second-order valence-electron chi connectivity index (χ2n) is 7.01. The molecule has 1 saturated heterocycles. The second kappa shape index (κ2) is 5.30. The number of anilines is 1. The van der Waals surface area contributed by atoms with Gasteiger partial charge in [0.05, 0.1) is 18.4 Å². The molecule has 2 heterocycles. The summed E-state index contributed by atoms with van der Waals surface area (Å²) in [5, 5.41) is 5.14. The molecule has 3 aliphatic rings. The van der Waals surface area contributed by atoms with Gasteiger partial charge >= 0.3 is 0 Å². The largest absolute Gasteiger partial charge is 0.274 e. The van der Waals surface area contributed by atoms with Gasteiger partial charge in [-0.15, -0.1) is 0 Å². The zero-order chi connectivity index (χ0) is 17.1. The summed E-state index contributed by atoms with van der Waals surface area (Å²) in [6.07, 6.45) is 6.93. The van der Waals surface area contributed by atoms with Crippen molar-refractivity contribution in [3.05, 3.63) is 59.3 Å². The summed E-state index contributed by atoms with van der Waals surface area (Å²) in [5.74, 6) is 0.290. The maximum atomic E-state index is 12.8. The minimum Gasteiger partial charge on any atom is -0.274 e. The highest BCUT2D eigenvalue weighted by molar-refractivity contribution is 6.30. The highest BCUT2D eigenvalue weighted by atomic mass is 35.5. The predicted molar refractivity (Wildman–Crippen MR) is 93.0 cm³/mol. The number of carbonyl (C=O) groups is 2. The van der Waals surface area contributed by atoms with Gasteiger partial charge in [0.15, 0.2) is 5.82 Å². The number of allylic oxidation sites excluding steroid dienone is 2. The summed E-state index contributed by atoms with van der Waals surface area (Å²) in [4.78, 5) is 26.9. The number of aromatic nitrogens is 2. The molecule has 2 aliphatic carbocycles. The third-order valence-electron chi connectivity index (χ3n) is 5.58. The number of amides is 2. The van der Waals surface area contributed by atoms with Gasteiger partial charge < -0.3 is 0 Å². The van der Waals surface area contributed by atoms with Crippen molar-refractivity contribution in [3.63, 3.8) is 0 Å². The van der Waals surface area contributed by atoms with E-state index in [4.69, 9.17) is 11.6 Å². The number of rotatable bonds is 3. The number of benzene rings is 1. The Morgan fingerprint density at radius 3 is 2.28 bits per heavy atom. The molecule has 25 heavy (non-hydrogen) atoms. The SMILES string of the molecule is O=C1[C@@H]2[C@@H](C(=O)N1c1ccn(Cc3ccc(Cl)cc3)n1)[C@H]1C=C[C@H]2C1. The van der Waals surface area contributed by atoms with Crippen LogP contribution in [0.5, 0.6) is 0 Å². The smallest absolute Gasteiger partial charge is 0.239 e. The quantitative estimate of drug-likeness (QED) is 0.629. The van der Waals surface area contributed by atoms with Crippen LogP contribution in [-0.4, -0.2) is 21.6 Å². The van der Waals surface area contributed by atoms with Crippen molar-refractivity contribution in [2.45, 2.75) is 13.0 Å². The minimum absolute atomic E-state index is 0.0939. The zero-order valence-electron chi connectivity index (χ0n) is 13.4. The summed E-state index contributed by atoms with van der Waals surface area (Å²) in [7, 11) is 0. The molecule has 1 saturated carbocycles. The van der Waals surface area contributed by atoms with Gasteiger partial charge in [0.25, 0.3) is 0 Å². The van der Waals surface area contributed by atoms with Crippen molar-refractivity contribution < 1.29 is 9.59 Å². The lowest BCUT2D eigenvalue weighted by atomic mass is 9.85. The van der Waals surface area contributed by atoms with Gasteiger partial charge in [0.1, 0.15) is 0 Å². The Bertz CT molecular complexity index is 872. The fourth-order valence-electron chi connectivity index (χ4n) is 4.46. The molecule has 5 nitrogen and oxygen atoms in total. The molecule has 0 spiro atoms. The molecule has 0 unspecified atom stereocenters. The Kier molecular flexibility index (Phi) is 3.16. The van der Waals surface area contributed by atoms with Crippen LogP contribution in [0.3, 0.4) is 0 Å². The zero-order valence-corrected chi connectivity index (χ0v) is 14.1. The monoisotopic (exact) mass is 353 g/mol. The van der Waals surface area contributed by atoms with Crippen LogP contribution in [0.25, 0.3) is 0 Å². The number of hydrogen-bond acceptors (Lipinski definition) is 3. The molecule has 2 bridgehead atoms. The predicted octanol–water partition coefficient (Wildman–Crippen LogP) is 2.90. The summed E-state index contributed by atoms with van der Waals surface area (Å²) >= 11 is 5.90. The number of fused-ring (bicyclic) bond motifs is 5. The van der Waals surface area contributed by atoms with Crippen LogP contribution < -0.4 is 4.90 Å². The summed E-state index contributed by atoms with van der Waals surface area (Å²) < 4.78 is 1.74. The van der Waals surface area contributed by atoms with Crippen LogP contribution in [0.4, 0.5) is 5.82 Å². The van der Waals surface area contributed by atoms with E-state index in [1.165, 1.54) is 4.90 Å². The summed E-state index contributed by atoms with van der Waals surface area (Å²) in [5.41, 5.74) is 1.05. The molecule has 2 aromatic rings. The Morgan fingerprint density at radius 1 is 1.00 bits per heavy atom. The molecular weight excluding hydrogens is 338 g/mol. The molecule has 126 valence electrons. The fraction of sp³-hybridized carbons (Fsp3) is 0.316. The average molecular weight is 354 g/mol. The first-order valence-corrected chi connectivity index (χ1v) is 8.83. The van der Waals surface area contributed by atoms with Crippen molar-refractivity contribution in [1.82, 2.24) is 9.78 Å². The van der Waals surface area contributed by atoms with Gasteiger partial charge in [-0.3, -0.25) is 14.3 Å². The third kappa shape index (κ3) is 2.19. The maximum Gasteiger partial charge on any atom is 0.239 e. The molecule has 2 amide bonds.